The number of ketones is 1. The zero-order valence-corrected chi connectivity index (χ0v) is 14.0. The maximum atomic E-state index is 14.4. The Morgan fingerprint density at radius 1 is 1.25 bits per heavy atom. The van der Waals surface area contributed by atoms with Gasteiger partial charge in [0.1, 0.15) is 0 Å². The first-order valence-electron chi connectivity index (χ1n) is 7.79. The number of carbonyl (C=O) groups is 2. The van der Waals surface area contributed by atoms with E-state index in [-0.39, 0.29) is 35.0 Å². The molecule has 2 atom stereocenters. The molecule has 2 unspecified atom stereocenters. The van der Waals surface area contributed by atoms with E-state index >= 15 is 0 Å². The van der Waals surface area contributed by atoms with Crippen LogP contribution in [0.1, 0.15) is 29.1 Å². The number of benzene rings is 1. The van der Waals surface area contributed by atoms with Crippen LogP contribution in [0.2, 0.25) is 0 Å². The van der Waals surface area contributed by atoms with Crippen LogP contribution in [-0.2, 0) is 4.79 Å². The highest BCUT2D eigenvalue weighted by atomic mass is 31.2. The quantitative estimate of drug-likeness (QED) is 0.624. The van der Waals surface area contributed by atoms with Gasteiger partial charge in [-0.2, -0.15) is 0 Å². The third kappa shape index (κ3) is 2.44. The van der Waals surface area contributed by atoms with E-state index in [9.17, 15) is 13.8 Å². The Hall–Kier alpha value is -2.14. The first kappa shape index (κ1) is 15.4. The number of halogens is 1. The fraction of sp³-hybridized carbons (Fsp3) is 0.375. The predicted molar refractivity (Wildman–Crippen MR) is 87.2 cm³/mol. The molecule has 1 aromatic carbocycles. The van der Waals surface area contributed by atoms with Crippen molar-refractivity contribution >= 4 is 25.5 Å². The molecular weight excluding hydrogens is 330 g/mol. The smallest absolute Gasteiger partial charge is 0.219 e. The van der Waals surface area contributed by atoms with Gasteiger partial charge >= 0.3 is 0 Å². The molecule has 1 fully saturated rings. The molecule has 2 aromatic rings. The number of amides is 1. The highest BCUT2D eigenvalue weighted by molar-refractivity contribution is 7.60. The van der Waals surface area contributed by atoms with E-state index in [1.807, 2.05) is 30.3 Å². The van der Waals surface area contributed by atoms with Crippen molar-refractivity contribution in [2.75, 3.05) is 19.3 Å². The van der Waals surface area contributed by atoms with Crippen LogP contribution in [0.5, 0.6) is 0 Å². The van der Waals surface area contributed by atoms with Gasteiger partial charge in [0.15, 0.2) is 13.8 Å². The van der Waals surface area contributed by atoms with E-state index in [1.165, 1.54) is 6.92 Å². The number of aromatic nitrogens is 3. The molecule has 2 aliphatic rings. The zero-order valence-electron chi connectivity index (χ0n) is 13.1. The summed E-state index contributed by atoms with van der Waals surface area (Å²) in [6.45, 7) is 2.26. The Morgan fingerprint density at radius 2 is 1.96 bits per heavy atom. The number of fused-ring (bicyclic) bond motifs is 1. The summed E-state index contributed by atoms with van der Waals surface area (Å²) in [4.78, 5) is 29.4. The normalized spacial score (nSPS) is 23.0. The third-order valence-electron chi connectivity index (χ3n) is 4.56. The van der Waals surface area contributed by atoms with Crippen LogP contribution >= 0.6 is 8.23 Å². The number of nitrogens with zero attached hydrogens (tertiary/aromatic N) is 4. The molecule has 8 heteroatoms. The Labute approximate surface area is 139 Å². The number of hydrogen-bond acceptors (Lipinski definition) is 4. The van der Waals surface area contributed by atoms with E-state index in [0.717, 1.165) is 5.56 Å². The van der Waals surface area contributed by atoms with E-state index in [0.29, 0.717) is 19.3 Å². The lowest BCUT2D eigenvalue weighted by Gasteiger charge is -2.36. The van der Waals surface area contributed by atoms with Gasteiger partial charge in [0.05, 0.1) is 12.0 Å². The molecule has 0 spiro atoms. The number of rotatable bonds is 3. The summed E-state index contributed by atoms with van der Waals surface area (Å²) < 4.78 is 15.9. The standard InChI is InChI=1S/C16H16FN4O2P/c1-10(22)20-7-12(8-20)14(23)15-18-16-21(19-15)13(9-24(16)17)11-5-3-2-4-6-11/h2-6,12-13H,7-9H2,1H3. The molecule has 0 N–H and O–H groups in total. The van der Waals surface area contributed by atoms with Crippen molar-refractivity contribution in [2.45, 2.75) is 13.0 Å². The molecule has 0 aliphatic carbocycles. The summed E-state index contributed by atoms with van der Waals surface area (Å²) in [5.41, 5.74) is 1.25. The monoisotopic (exact) mass is 346 g/mol. The fourth-order valence-electron chi connectivity index (χ4n) is 3.11. The topological polar surface area (TPSA) is 68.1 Å². The third-order valence-corrected chi connectivity index (χ3v) is 5.97. The van der Waals surface area contributed by atoms with Crippen LogP contribution in [0.25, 0.3) is 0 Å². The van der Waals surface area contributed by atoms with Crippen molar-refractivity contribution in [1.82, 2.24) is 19.7 Å². The maximum absolute atomic E-state index is 14.4. The van der Waals surface area contributed by atoms with Crippen LogP contribution in [0.3, 0.4) is 0 Å². The second kappa shape index (κ2) is 5.74. The lowest BCUT2D eigenvalue weighted by atomic mass is 9.95. The van der Waals surface area contributed by atoms with Gasteiger partial charge in [0.2, 0.25) is 17.5 Å². The Bertz CT molecular complexity index is 804. The van der Waals surface area contributed by atoms with E-state index < -0.39 is 8.23 Å². The molecule has 1 saturated heterocycles. The van der Waals surface area contributed by atoms with Crippen LogP contribution in [0.4, 0.5) is 4.20 Å². The van der Waals surface area contributed by atoms with Crippen molar-refractivity contribution in [2.24, 2.45) is 5.92 Å². The van der Waals surface area contributed by atoms with Crippen LogP contribution in [0, 0.1) is 5.92 Å². The summed E-state index contributed by atoms with van der Waals surface area (Å²) in [5.74, 6) is -0.456. The predicted octanol–water partition coefficient (Wildman–Crippen LogP) is 1.53. The first-order valence-corrected chi connectivity index (χ1v) is 9.21. The Balaban J connectivity index is 1.57. The van der Waals surface area contributed by atoms with E-state index in [2.05, 4.69) is 10.1 Å². The van der Waals surface area contributed by atoms with Gasteiger partial charge < -0.3 is 4.90 Å². The molecule has 1 amide bonds. The van der Waals surface area contributed by atoms with Crippen LogP contribution in [0.15, 0.2) is 30.3 Å². The average Bonchev–Trinajstić information content (AvgIpc) is 3.07. The van der Waals surface area contributed by atoms with Gasteiger partial charge in [-0.15, -0.1) is 5.10 Å². The summed E-state index contributed by atoms with van der Waals surface area (Å²) in [6.07, 6.45) is 0.352. The van der Waals surface area contributed by atoms with Gasteiger partial charge in [-0.25, -0.2) is 13.9 Å². The number of likely N-dealkylation sites (tertiary alicyclic amines) is 1. The largest absolute Gasteiger partial charge is 0.341 e. The number of carbonyl (C=O) groups excluding carboxylic acids is 2. The molecule has 6 nitrogen and oxygen atoms in total. The van der Waals surface area contributed by atoms with Crippen LogP contribution in [-0.4, -0.2) is 50.6 Å². The molecule has 124 valence electrons. The zero-order chi connectivity index (χ0) is 16.8. The maximum Gasteiger partial charge on any atom is 0.219 e. The lowest BCUT2D eigenvalue weighted by molar-refractivity contribution is -0.133. The Kier molecular flexibility index (Phi) is 3.68. The second-order valence-corrected chi connectivity index (χ2v) is 7.63. The van der Waals surface area contributed by atoms with Crippen molar-refractivity contribution in [3.63, 3.8) is 0 Å². The van der Waals surface area contributed by atoms with Crippen molar-refractivity contribution in [1.29, 1.82) is 0 Å². The molecule has 4 rings (SSSR count). The van der Waals surface area contributed by atoms with Gasteiger partial charge in [0, 0.05) is 26.2 Å². The van der Waals surface area contributed by atoms with Gasteiger partial charge in [-0.05, 0) is 5.56 Å². The van der Waals surface area contributed by atoms with Crippen molar-refractivity contribution in [3.8, 4) is 0 Å². The van der Waals surface area contributed by atoms with Gasteiger partial charge in [0.25, 0.3) is 0 Å². The average molecular weight is 346 g/mol. The summed E-state index contributed by atoms with van der Waals surface area (Å²) >= 11 is 0. The van der Waals surface area contributed by atoms with E-state index in [4.69, 9.17) is 0 Å². The fourth-order valence-corrected chi connectivity index (χ4v) is 4.55. The highest BCUT2D eigenvalue weighted by Gasteiger charge is 2.40. The van der Waals surface area contributed by atoms with Crippen molar-refractivity contribution < 1.29 is 13.8 Å². The van der Waals surface area contributed by atoms with E-state index in [1.54, 1.807) is 9.58 Å². The number of hydrogen-bond donors (Lipinski definition) is 0. The molecule has 3 heterocycles. The summed E-state index contributed by atoms with van der Waals surface area (Å²) in [5, 5.41) is 4.30. The lowest BCUT2D eigenvalue weighted by Crippen LogP contribution is -2.52. The molecular formula is C16H16FN4O2P. The second-order valence-electron chi connectivity index (χ2n) is 6.14. The minimum Gasteiger partial charge on any atom is -0.341 e. The highest BCUT2D eigenvalue weighted by Crippen LogP contribution is 2.46. The minimum absolute atomic E-state index is 0.0456. The molecule has 24 heavy (non-hydrogen) atoms. The van der Waals surface area contributed by atoms with Gasteiger partial charge in [-0.1, -0.05) is 30.3 Å². The molecule has 1 aromatic heterocycles. The molecule has 0 saturated carbocycles. The molecule has 2 aliphatic heterocycles. The minimum atomic E-state index is -1.90. The van der Waals surface area contributed by atoms with Gasteiger partial charge in [-0.3, -0.25) is 9.59 Å². The molecule has 0 radical (unpaired) electrons. The first-order chi connectivity index (χ1) is 11.5. The summed E-state index contributed by atoms with van der Waals surface area (Å²) in [7, 11) is -1.90. The number of Topliss-reactive ketones (excluding diaryl/α,β-unsaturated/α-hetero) is 1. The van der Waals surface area contributed by atoms with Crippen molar-refractivity contribution in [3.05, 3.63) is 41.7 Å². The molecule has 0 bridgehead atoms. The summed E-state index contributed by atoms with van der Waals surface area (Å²) in [6, 6.07) is 9.38. The SMILES string of the molecule is CC(=O)N1CC(C(=O)c2nc3n(n2)C(c2ccccc2)CP3F)C1. The Morgan fingerprint density at radius 3 is 2.62 bits per heavy atom. The van der Waals surface area contributed by atoms with Crippen LogP contribution < -0.4 is 5.57 Å².